The number of amides is 2. The van der Waals surface area contributed by atoms with Crippen LogP contribution in [0.15, 0.2) is 40.9 Å². The molecule has 0 saturated heterocycles. The molecule has 1 aromatic heterocycles. The maximum absolute atomic E-state index is 12.2. The Hall–Kier alpha value is -3.49. The van der Waals surface area contributed by atoms with Crippen molar-refractivity contribution >= 4 is 23.6 Å². The third-order valence-electron chi connectivity index (χ3n) is 4.22. The second-order valence-electron chi connectivity index (χ2n) is 6.53. The standard InChI is InChI=1S/C20H23N3O6/c21-18(25)9-8-17(24)15(7-11-20(27)28)22-19(26)10-6-14-12-16(23-29-14)13-4-2-1-3-5-13/h1-5,12,15H,6-11H2,(H2,21,25)(H,22,26)(H,27,28)/t15-/m0/s1. The third kappa shape index (κ3) is 7.57. The van der Waals surface area contributed by atoms with Gasteiger partial charge in [-0.1, -0.05) is 35.5 Å². The molecule has 29 heavy (non-hydrogen) atoms. The monoisotopic (exact) mass is 401 g/mol. The van der Waals surface area contributed by atoms with E-state index in [1.54, 1.807) is 6.07 Å². The summed E-state index contributed by atoms with van der Waals surface area (Å²) in [6, 6.07) is 10.2. The van der Waals surface area contributed by atoms with Crippen molar-refractivity contribution < 1.29 is 28.8 Å². The minimum Gasteiger partial charge on any atom is -0.481 e. The Kier molecular flexibility index (Phi) is 8.08. The zero-order chi connectivity index (χ0) is 21.2. The molecule has 0 saturated carbocycles. The highest BCUT2D eigenvalue weighted by Crippen LogP contribution is 2.19. The third-order valence-corrected chi connectivity index (χ3v) is 4.22. The fraction of sp³-hybridized carbons (Fsp3) is 0.350. The summed E-state index contributed by atoms with van der Waals surface area (Å²) in [7, 11) is 0. The van der Waals surface area contributed by atoms with E-state index < -0.39 is 29.6 Å². The summed E-state index contributed by atoms with van der Waals surface area (Å²) in [6.07, 6.45) is -0.334. The zero-order valence-electron chi connectivity index (χ0n) is 15.8. The fourth-order valence-electron chi connectivity index (χ4n) is 2.68. The lowest BCUT2D eigenvalue weighted by atomic mass is 10.0. The quantitative estimate of drug-likeness (QED) is 0.486. The van der Waals surface area contributed by atoms with E-state index in [1.165, 1.54) is 0 Å². The SMILES string of the molecule is NC(=O)CCC(=O)[C@H](CCC(=O)O)NC(=O)CCc1cc(-c2ccccc2)no1. The summed E-state index contributed by atoms with van der Waals surface area (Å²) in [5.74, 6) is -2.06. The lowest BCUT2D eigenvalue weighted by Crippen LogP contribution is -2.41. The molecule has 0 aliphatic carbocycles. The van der Waals surface area contributed by atoms with Crippen LogP contribution >= 0.6 is 0 Å². The molecular weight excluding hydrogens is 378 g/mol. The van der Waals surface area contributed by atoms with E-state index in [2.05, 4.69) is 10.5 Å². The first-order valence-electron chi connectivity index (χ1n) is 9.18. The van der Waals surface area contributed by atoms with E-state index in [1.807, 2.05) is 30.3 Å². The Morgan fingerprint density at radius 2 is 1.79 bits per heavy atom. The van der Waals surface area contributed by atoms with Crippen LogP contribution in [-0.2, 0) is 25.6 Å². The largest absolute Gasteiger partial charge is 0.481 e. The Balaban J connectivity index is 1.90. The van der Waals surface area contributed by atoms with Crippen LogP contribution in [-0.4, -0.2) is 39.9 Å². The highest BCUT2D eigenvalue weighted by molar-refractivity contribution is 5.91. The number of carboxylic acids is 1. The van der Waals surface area contributed by atoms with Crippen molar-refractivity contribution in [3.63, 3.8) is 0 Å². The van der Waals surface area contributed by atoms with Gasteiger partial charge in [0, 0.05) is 43.7 Å². The van der Waals surface area contributed by atoms with Gasteiger partial charge in [-0.25, -0.2) is 0 Å². The van der Waals surface area contributed by atoms with Crippen LogP contribution in [0.3, 0.4) is 0 Å². The first kappa shape index (κ1) is 21.8. The number of Topliss-reactive ketones (excluding diaryl/α,β-unsaturated/α-hetero) is 1. The molecule has 0 aliphatic heterocycles. The predicted molar refractivity (Wildman–Crippen MR) is 102 cm³/mol. The minimum absolute atomic E-state index is 0.0378. The molecule has 0 bridgehead atoms. The highest BCUT2D eigenvalue weighted by atomic mass is 16.5. The zero-order valence-corrected chi connectivity index (χ0v) is 15.8. The molecule has 0 aliphatic rings. The molecule has 1 aromatic carbocycles. The van der Waals surface area contributed by atoms with Gasteiger partial charge in [-0.15, -0.1) is 0 Å². The number of aromatic nitrogens is 1. The Morgan fingerprint density at radius 1 is 1.07 bits per heavy atom. The number of carbonyl (C=O) groups is 4. The maximum atomic E-state index is 12.2. The molecular formula is C20H23N3O6. The van der Waals surface area contributed by atoms with Crippen molar-refractivity contribution in [2.24, 2.45) is 5.73 Å². The number of benzene rings is 1. The number of aryl methyl sites for hydroxylation is 1. The maximum Gasteiger partial charge on any atom is 0.303 e. The number of rotatable bonds is 12. The number of carboxylic acid groups (broad SMARTS) is 1. The molecule has 0 unspecified atom stereocenters. The van der Waals surface area contributed by atoms with E-state index >= 15 is 0 Å². The van der Waals surface area contributed by atoms with Crippen molar-refractivity contribution in [2.45, 2.75) is 44.6 Å². The van der Waals surface area contributed by atoms with Gasteiger partial charge in [-0.3, -0.25) is 19.2 Å². The molecule has 4 N–H and O–H groups in total. The summed E-state index contributed by atoms with van der Waals surface area (Å²) < 4.78 is 5.24. The molecule has 0 fully saturated rings. The summed E-state index contributed by atoms with van der Waals surface area (Å²) in [5, 5.41) is 15.3. The Bertz CT molecular complexity index is 862. The predicted octanol–water partition coefficient (Wildman–Crippen LogP) is 1.46. The molecule has 2 aromatic rings. The number of nitrogens with one attached hydrogen (secondary N) is 1. The van der Waals surface area contributed by atoms with Gasteiger partial charge in [0.05, 0.1) is 6.04 Å². The van der Waals surface area contributed by atoms with Gasteiger partial charge in [0.1, 0.15) is 11.5 Å². The van der Waals surface area contributed by atoms with Gasteiger partial charge in [0.2, 0.25) is 11.8 Å². The summed E-state index contributed by atoms with van der Waals surface area (Å²) in [6.45, 7) is 0. The average molecular weight is 401 g/mol. The molecule has 9 nitrogen and oxygen atoms in total. The number of ketones is 1. The van der Waals surface area contributed by atoms with E-state index in [-0.39, 0.29) is 38.5 Å². The molecule has 2 amide bonds. The summed E-state index contributed by atoms with van der Waals surface area (Å²) in [4.78, 5) is 46.1. The summed E-state index contributed by atoms with van der Waals surface area (Å²) in [5.41, 5.74) is 6.58. The Morgan fingerprint density at radius 3 is 2.45 bits per heavy atom. The summed E-state index contributed by atoms with van der Waals surface area (Å²) >= 11 is 0. The van der Waals surface area contributed by atoms with Gasteiger partial charge in [0.15, 0.2) is 5.78 Å². The van der Waals surface area contributed by atoms with Crippen LogP contribution in [0, 0.1) is 0 Å². The van der Waals surface area contributed by atoms with Crippen LogP contribution < -0.4 is 11.1 Å². The molecule has 2 rings (SSSR count). The number of carbonyl (C=O) groups excluding carboxylic acids is 3. The fourth-order valence-corrected chi connectivity index (χ4v) is 2.68. The van der Waals surface area contributed by atoms with Gasteiger partial charge in [-0.2, -0.15) is 0 Å². The second-order valence-corrected chi connectivity index (χ2v) is 6.53. The van der Waals surface area contributed by atoms with E-state index in [0.29, 0.717) is 11.5 Å². The van der Waals surface area contributed by atoms with Crippen molar-refractivity contribution in [1.29, 1.82) is 0 Å². The average Bonchev–Trinajstić information content (AvgIpc) is 3.17. The molecule has 1 atom stereocenters. The molecule has 9 heteroatoms. The number of hydrogen-bond donors (Lipinski definition) is 3. The highest BCUT2D eigenvalue weighted by Gasteiger charge is 2.22. The number of hydrogen-bond acceptors (Lipinski definition) is 6. The smallest absolute Gasteiger partial charge is 0.303 e. The van der Waals surface area contributed by atoms with Crippen LogP contribution in [0.5, 0.6) is 0 Å². The van der Waals surface area contributed by atoms with Gasteiger partial charge in [0.25, 0.3) is 0 Å². The second kappa shape index (κ2) is 10.7. The van der Waals surface area contributed by atoms with Crippen LogP contribution in [0.25, 0.3) is 11.3 Å². The Labute approximate surface area is 167 Å². The number of primary amides is 1. The molecule has 154 valence electrons. The van der Waals surface area contributed by atoms with Crippen LogP contribution in [0.2, 0.25) is 0 Å². The van der Waals surface area contributed by atoms with E-state index in [4.69, 9.17) is 15.4 Å². The van der Waals surface area contributed by atoms with Crippen molar-refractivity contribution in [1.82, 2.24) is 10.5 Å². The lowest BCUT2D eigenvalue weighted by Gasteiger charge is -2.16. The first-order valence-corrected chi connectivity index (χ1v) is 9.18. The van der Waals surface area contributed by atoms with Crippen molar-refractivity contribution in [2.75, 3.05) is 0 Å². The molecule has 0 radical (unpaired) electrons. The van der Waals surface area contributed by atoms with Crippen LogP contribution in [0.1, 0.15) is 37.9 Å². The number of nitrogens with zero attached hydrogens (tertiary/aromatic N) is 1. The molecule has 0 spiro atoms. The van der Waals surface area contributed by atoms with Gasteiger partial charge >= 0.3 is 5.97 Å². The minimum atomic E-state index is -1.08. The van der Waals surface area contributed by atoms with Gasteiger partial charge < -0.3 is 20.7 Å². The van der Waals surface area contributed by atoms with Crippen molar-refractivity contribution in [3.05, 3.63) is 42.2 Å². The number of nitrogens with two attached hydrogens (primary N) is 1. The van der Waals surface area contributed by atoms with E-state index in [0.717, 1.165) is 5.56 Å². The van der Waals surface area contributed by atoms with Crippen molar-refractivity contribution in [3.8, 4) is 11.3 Å². The topological polar surface area (TPSA) is 153 Å². The van der Waals surface area contributed by atoms with E-state index in [9.17, 15) is 19.2 Å². The van der Waals surface area contributed by atoms with Crippen LogP contribution in [0.4, 0.5) is 0 Å². The first-order chi connectivity index (χ1) is 13.8. The number of aliphatic carboxylic acids is 1. The normalized spacial score (nSPS) is 11.6. The molecule has 1 heterocycles. The van der Waals surface area contributed by atoms with Gasteiger partial charge in [-0.05, 0) is 6.42 Å². The lowest BCUT2D eigenvalue weighted by molar-refractivity contribution is -0.138.